The van der Waals surface area contributed by atoms with E-state index in [0.717, 1.165) is 25.0 Å². The van der Waals surface area contributed by atoms with Crippen LogP contribution in [0.3, 0.4) is 0 Å². The Morgan fingerprint density at radius 2 is 1.88 bits per heavy atom. The molecule has 2 amide bonds. The summed E-state index contributed by atoms with van der Waals surface area (Å²) < 4.78 is 41.8. The predicted octanol–water partition coefficient (Wildman–Crippen LogP) is 4.57. The van der Waals surface area contributed by atoms with Crippen molar-refractivity contribution in [2.24, 2.45) is 0 Å². The number of rotatable bonds is 7. The molecule has 0 heterocycles. The van der Waals surface area contributed by atoms with E-state index in [9.17, 15) is 18.0 Å². The summed E-state index contributed by atoms with van der Waals surface area (Å²) in [6.07, 6.45) is 1.56. The van der Waals surface area contributed by atoms with Crippen molar-refractivity contribution >= 4 is 11.7 Å². The minimum Gasteiger partial charge on any atom is -0.432 e. The molecule has 0 aromatic heterocycles. The van der Waals surface area contributed by atoms with Crippen LogP contribution in [-0.4, -0.2) is 18.7 Å². The maximum atomic E-state index is 13.6. The molecule has 134 valence electrons. The first kappa shape index (κ1) is 18.6. The van der Waals surface area contributed by atoms with Crippen molar-refractivity contribution in [2.45, 2.75) is 32.4 Å². The van der Waals surface area contributed by atoms with Gasteiger partial charge in [-0.3, -0.25) is 0 Å². The number of alkyl halides is 2. The number of nitrogens with one attached hydrogen (secondary N) is 2. The number of halogens is 3. The minimum absolute atomic E-state index is 0.0912. The fourth-order valence-electron chi connectivity index (χ4n) is 2.26. The molecule has 0 radical (unpaired) electrons. The first-order chi connectivity index (χ1) is 11.9. The zero-order valence-electron chi connectivity index (χ0n) is 13.6. The molecule has 2 aromatic rings. The van der Waals surface area contributed by atoms with Crippen molar-refractivity contribution in [2.75, 3.05) is 5.32 Å². The van der Waals surface area contributed by atoms with Crippen molar-refractivity contribution in [3.05, 3.63) is 59.9 Å². The number of hydrogen-bond donors (Lipinski definition) is 2. The summed E-state index contributed by atoms with van der Waals surface area (Å²) in [7, 11) is 0. The second-order valence-corrected chi connectivity index (χ2v) is 5.55. The van der Waals surface area contributed by atoms with E-state index in [-0.39, 0.29) is 11.7 Å². The third-order valence-electron chi connectivity index (χ3n) is 3.49. The summed E-state index contributed by atoms with van der Waals surface area (Å²) >= 11 is 0. The summed E-state index contributed by atoms with van der Waals surface area (Å²) in [6.45, 7) is -1.25. The quantitative estimate of drug-likeness (QED) is 0.767. The molecule has 0 fully saturated rings. The van der Waals surface area contributed by atoms with E-state index in [1.54, 1.807) is 0 Å². The standard InChI is InChI=1S/C18H19F3N2O2/c1-12(7-8-13-5-3-2-4-6-13)22-18(24)23-14-9-10-16(15(19)11-14)25-17(20)21/h2-6,9-12,17H,7-8H2,1H3,(H2,22,23,24). The zero-order valence-corrected chi connectivity index (χ0v) is 13.6. The maximum Gasteiger partial charge on any atom is 0.387 e. The van der Waals surface area contributed by atoms with Gasteiger partial charge in [-0.15, -0.1) is 0 Å². The van der Waals surface area contributed by atoms with E-state index < -0.39 is 24.2 Å². The van der Waals surface area contributed by atoms with Crippen molar-refractivity contribution in [3.8, 4) is 5.75 Å². The second kappa shape index (κ2) is 8.96. The van der Waals surface area contributed by atoms with Gasteiger partial charge in [0, 0.05) is 17.8 Å². The van der Waals surface area contributed by atoms with E-state index in [1.807, 2.05) is 37.3 Å². The smallest absolute Gasteiger partial charge is 0.387 e. The molecule has 2 aromatic carbocycles. The molecule has 1 atom stereocenters. The molecule has 1 unspecified atom stereocenters. The summed E-state index contributed by atoms with van der Waals surface area (Å²) in [5.74, 6) is -1.55. The summed E-state index contributed by atoms with van der Waals surface area (Å²) in [6, 6.07) is 12.5. The van der Waals surface area contributed by atoms with Gasteiger partial charge < -0.3 is 15.4 Å². The number of anilines is 1. The van der Waals surface area contributed by atoms with E-state index in [1.165, 1.54) is 11.6 Å². The lowest BCUT2D eigenvalue weighted by atomic mass is 10.1. The van der Waals surface area contributed by atoms with E-state index in [2.05, 4.69) is 15.4 Å². The van der Waals surface area contributed by atoms with Gasteiger partial charge in [-0.05, 0) is 37.5 Å². The number of aryl methyl sites for hydroxylation is 1. The Morgan fingerprint density at radius 3 is 2.52 bits per heavy atom. The Labute approximate surface area is 144 Å². The van der Waals surface area contributed by atoms with Crippen LogP contribution in [0, 0.1) is 5.82 Å². The second-order valence-electron chi connectivity index (χ2n) is 5.55. The molecule has 2 N–H and O–H groups in total. The first-order valence-corrected chi connectivity index (χ1v) is 7.80. The molecule has 0 saturated carbocycles. The van der Waals surface area contributed by atoms with Crippen LogP contribution < -0.4 is 15.4 Å². The molecule has 2 rings (SSSR count). The number of benzene rings is 2. The molecule has 0 aliphatic rings. The van der Waals surface area contributed by atoms with E-state index in [4.69, 9.17) is 0 Å². The number of urea groups is 1. The molecule has 0 saturated heterocycles. The molecule has 0 aliphatic heterocycles. The van der Waals surface area contributed by atoms with E-state index >= 15 is 0 Å². The third kappa shape index (κ3) is 6.37. The highest BCUT2D eigenvalue weighted by Gasteiger charge is 2.12. The normalized spacial score (nSPS) is 11.9. The fraction of sp³-hybridized carbons (Fsp3) is 0.278. The fourth-order valence-corrected chi connectivity index (χ4v) is 2.26. The number of hydrogen-bond acceptors (Lipinski definition) is 2. The molecular weight excluding hydrogens is 333 g/mol. The third-order valence-corrected chi connectivity index (χ3v) is 3.49. The Balaban J connectivity index is 1.82. The van der Waals surface area contributed by atoms with Gasteiger partial charge in [-0.25, -0.2) is 9.18 Å². The van der Waals surface area contributed by atoms with Gasteiger partial charge in [0.2, 0.25) is 0 Å². The van der Waals surface area contributed by atoms with Crippen LogP contribution in [0.4, 0.5) is 23.7 Å². The van der Waals surface area contributed by atoms with Crippen molar-refractivity contribution in [3.63, 3.8) is 0 Å². The Bertz CT molecular complexity index is 696. The van der Waals surface area contributed by atoms with E-state index in [0.29, 0.717) is 0 Å². The topological polar surface area (TPSA) is 50.4 Å². The molecular formula is C18H19F3N2O2. The average molecular weight is 352 g/mol. The van der Waals surface area contributed by atoms with Crippen molar-refractivity contribution in [1.29, 1.82) is 0 Å². The summed E-state index contributed by atoms with van der Waals surface area (Å²) in [4.78, 5) is 11.9. The van der Waals surface area contributed by atoms with Crippen LogP contribution in [0.2, 0.25) is 0 Å². The van der Waals surface area contributed by atoms with Gasteiger partial charge in [0.05, 0.1) is 0 Å². The van der Waals surface area contributed by atoms with Gasteiger partial charge in [0.15, 0.2) is 11.6 Å². The van der Waals surface area contributed by atoms with Gasteiger partial charge >= 0.3 is 12.6 Å². The first-order valence-electron chi connectivity index (χ1n) is 7.80. The molecule has 4 nitrogen and oxygen atoms in total. The molecule has 0 bridgehead atoms. The lowest BCUT2D eigenvalue weighted by Crippen LogP contribution is -2.36. The monoisotopic (exact) mass is 352 g/mol. The number of amides is 2. The minimum atomic E-state index is -3.11. The highest BCUT2D eigenvalue weighted by molar-refractivity contribution is 5.89. The van der Waals surface area contributed by atoms with Gasteiger partial charge in [0.1, 0.15) is 0 Å². The lowest BCUT2D eigenvalue weighted by Gasteiger charge is -2.15. The number of carbonyl (C=O) groups is 1. The molecule has 7 heteroatoms. The highest BCUT2D eigenvalue weighted by atomic mass is 19.3. The number of ether oxygens (including phenoxy) is 1. The summed E-state index contributed by atoms with van der Waals surface area (Å²) in [5.41, 5.74) is 1.32. The van der Waals surface area contributed by atoms with Crippen LogP contribution in [-0.2, 0) is 6.42 Å². The SMILES string of the molecule is CC(CCc1ccccc1)NC(=O)Nc1ccc(OC(F)F)c(F)c1. The summed E-state index contributed by atoms with van der Waals surface area (Å²) in [5, 5.41) is 5.20. The van der Waals surface area contributed by atoms with Crippen LogP contribution in [0.25, 0.3) is 0 Å². The van der Waals surface area contributed by atoms with Gasteiger partial charge in [0.25, 0.3) is 0 Å². The van der Waals surface area contributed by atoms with Crippen molar-refractivity contribution in [1.82, 2.24) is 5.32 Å². The highest BCUT2D eigenvalue weighted by Crippen LogP contribution is 2.22. The predicted molar refractivity (Wildman–Crippen MR) is 89.4 cm³/mol. The maximum absolute atomic E-state index is 13.6. The van der Waals surface area contributed by atoms with Crippen LogP contribution in [0.1, 0.15) is 18.9 Å². The lowest BCUT2D eigenvalue weighted by molar-refractivity contribution is -0.0521. The van der Waals surface area contributed by atoms with Gasteiger partial charge in [-0.1, -0.05) is 30.3 Å². The van der Waals surface area contributed by atoms with Crippen LogP contribution >= 0.6 is 0 Å². The van der Waals surface area contributed by atoms with Gasteiger partial charge in [-0.2, -0.15) is 8.78 Å². The Hall–Kier alpha value is -2.70. The molecule has 25 heavy (non-hydrogen) atoms. The largest absolute Gasteiger partial charge is 0.432 e. The molecule has 0 aliphatic carbocycles. The zero-order chi connectivity index (χ0) is 18.2. The Morgan fingerprint density at radius 1 is 1.16 bits per heavy atom. The van der Waals surface area contributed by atoms with Crippen LogP contribution in [0.5, 0.6) is 5.75 Å². The molecule has 0 spiro atoms. The average Bonchev–Trinajstić information content (AvgIpc) is 2.56. The van der Waals surface area contributed by atoms with Crippen molar-refractivity contribution < 1.29 is 22.7 Å². The number of carbonyl (C=O) groups excluding carboxylic acids is 1. The van der Waals surface area contributed by atoms with Crippen LogP contribution in [0.15, 0.2) is 48.5 Å². The Kier molecular flexibility index (Phi) is 6.68.